The number of rotatable bonds is 4. The minimum absolute atomic E-state index is 0.147. The van der Waals surface area contributed by atoms with Gasteiger partial charge in [-0.1, -0.05) is 48.9 Å². The quantitative estimate of drug-likeness (QED) is 0.723. The first kappa shape index (κ1) is 16.1. The van der Waals surface area contributed by atoms with Gasteiger partial charge in [0.1, 0.15) is 12.0 Å². The number of ketones is 1. The van der Waals surface area contributed by atoms with Gasteiger partial charge in [0.05, 0.1) is 11.1 Å². The second-order valence-electron chi connectivity index (χ2n) is 7.40. The molecular weight excluding hydrogens is 336 g/mol. The molecule has 5 heteroatoms. The SMILES string of the molecule is O=C(c1n[nH]c2c1C=CC(c1ccccc1)(c1ccncn1)C2)C1CCC1. The number of benzene rings is 1. The van der Waals surface area contributed by atoms with E-state index in [9.17, 15) is 4.79 Å². The summed E-state index contributed by atoms with van der Waals surface area (Å²) in [6.45, 7) is 0. The molecular formula is C22H20N4O. The Balaban J connectivity index is 1.60. The average molecular weight is 356 g/mol. The number of nitrogens with zero attached hydrogens (tertiary/aromatic N) is 3. The summed E-state index contributed by atoms with van der Waals surface area (Å²) < 4.78 is 0. The van der Waals surface area contributed by atoms with Crippen LogP contribution in [0, 0.1) is 5.92 Å². The molecule has 1 saturated carbocycles. The van der Waals surface area contributed by atoms with E-state index in [1.165, 1.54) is 0 Å². The topological polar surface area (TPSA) is 71.5 Å². The van der Waals surface area contributed by atoms with Gasteiger partial charge in [0.15, 0.2) is 5.78 Å². The Kier molecular flexibility index (Phi) is 3.74. The molecule has 0 amide bonds. The molecule has 2 aromatic heterocycles. The van der Waals surface area contributed by atoms with E-state index in [1.54, 1.807) is 12.5 Å². The van der Waals surface area contributed by atoms with E-state index in [0.717, 1.165) is 41.8 Å². The van der Waals surface area contributed by atoms with Crippen LogP contribution in [0.5, 0.6) is 0 Å². The number of Topliss-reactive ketones (excluding diaryl/α,β-unsaturated/α-hetero) is 1. The third kappa shape index (κ3) is 2.53. The number of hydrogen-bond donors (Lipinski definition) is 1. The summed E-state index contributed by atoms with van der Waals surface area (Å²) in [4.78, 5) is 21.3. The first-order valence-corrected chi connectivity index (χ1v) is 9.41. The Morgan fingerprint density at radius 3 is 2.70 bits per heavy atom. The van der Waals surface area contributed by atoms with Crippen LogP contribution in [0.3, 0.4) is 0 Å². The molecule has 5 rings (SSSR count). The highest BCUT2D eigenvalue weighted by Gasteiger charge is 2.39. The van der Waals surface area contributed by atoms with Gasteiger partial charge in [-0.15, -0.1) is 0 Å². The predicted octanol–water partition coefficient (Wildman–Crippen LogP) is 3.74. The van der Waals surface area contributed by atoms with Gasteiger partial charge in [-0.3, -0.25) is 9.89 Å². The van der Waals surface area contributed by atoms with Gasteiger partial charge in [-0.05, 0) is 24.5 Å². The van der Waals surface area contributed by atoms with Gasteiger partial charge in [-0.25, -0.2) is 9.97 Å². The molecule has 3 aromatic rings. The monoisotopic (exact) mass is 356 g/mol. The minimum atomic E-state index is -0.402. The number of carbonyl (C=O) groups excluding carboxylic acids is 1. The first-order chi connectivity index (χ1) is 13.3. The molecule has 0 spiro atoms. The standard InChI is InChI=1S/C22H20N4O/c27-21(15-5-4-6-15)20-17-9-11-22(13-18(17)25-26-20,16-7-2-1-3-8-16)19-10-12-23-14-24-19/h1-3,7-12,14-15H,4-6,13H2,(H,25,26). The number of aromatic amines is 1. The van der Waals surface area contributed by atoms with E-state index in [4.69, 9.17) is 0 Å². The number of nitrogens with one attached hydrogen (secondary N) is 1. The number of allylic oxidation sites excluding steroid dienone is 1. The van der Waals surface area contributed by atoms with E-state index in [0.29, 0.717) is 12.1 Å². The van der Waals surface area contributed by atoms with Crippen LogP contribution < -0.4 is 0 Å². The summed E-state index contributed by atoms with van der Waals surface area (Å²) >= 11 is 0. The Labute approximate surface area is 157 Å². The van der Waals surface area contributed by atoms with E-state index in [-0.39, 0.29) is 11.7 Å². The van der Waals surface area contributed by atoms with Gasteiger partial charge >= 0.3 is 0 Å². The van der Waals surface area contributed by atoms with Crippen LogP contribution in [0.4, 0.5) is 0 Å². The van der Waals surface area contributed by atoms with Crippen molar-refractivity contribution in [1.29, 1.82) is 0 Å². The maximum absolute atomic E-state index is 12.7. The molecule has 1 aromatic carbocycles. The molecule has 1 unspecified atom stereocenters. The van der Waals surface area contributed by atoms with Crippen molar-refractivity contribution in [1.82, 2.24) is 20.2 Å². The Morgan fingerprint density at radius 2 is 2.00 bits per heavy atom. The fourth-order valence-electron chi connectivity index (χ4n) is 4.13. The van der Waals surface area contributed by atoms with Crippen LogP contribution in [0.15, 0.2) is 55.0 Å². The molecule has 1 fully saturated rings. The van der Waals surface area contributed by atoms with Crippen molar-refractivity contribution in [3.05, 3.63) is 83.2 Å². The molecule has 2 heterocycles. The largest absolute Gasteiger partial charge is 0.292 e. The molecule has 2 aliphatic rings. The van der Waals surface area contributed by atoms with Crippen molar-refractivity contribution in [2.75, 3.05) is 0 Å². The summed E-state index contributed by atoms with van der Waals surface area (Å²) in [5, 5.41) is 7.53. The molecule has 27 heavy (non-hydrogen) atoms. The van der Waals surface area contributed by atoms with Crippen molar-refractivity contribution < 1.29 is 4.79 Å². The zero-order chi connectivity index (χ0) is 18.3. The maximum Gasteiger partial charge on any atom is 0.186 e. The van der Waals surface area contributed by atoms with Crippen molar-refractivity contribution >= 4 is 11.9 Å². The lowest BCUT2D eigenvalue weighted by Gasteiger charge is -2.33. The fourth-order valence-corrected chi connectivity index (χ4v) is 4.13. The lowest BCUT2D eigenvalue weighted by molar-refractivity contribution is 0.0849. The summed E-state index contributed by atoms with van der Waals surface area (Å²) in [5.74, 6) is 0.325. The minimum Gasteiger partial charge on any atom is -0.292 e. The smallest absolute Gasteiger partial charge is 0.186 e. The molecule has 1 atom stereocenters. The van der Waals surface area contributed by atoms with Gasteiger partial charge < -0.3 is 0 Å². The van der Waals surface area contributed by atoms with Crippen molar-refractivity contribution in [2.45, 2.75) is 31.1 Å². The summed E-state index contributed by atoms with van der Waals surface area (Å²) in [7, 11) is 0. The molecule has 0 saturated heterocycles. The van der Waals surface area contributed by atoms with Crippen molar-refractivity contribution in [3.8, 4) is 0 Å². The van der Waals surface area contributed by atoms with Crippen molar-refractivity contribution in [3.63, 3.8) is 0 Å². The van der Waals surface area contributed by atoms with E-state index < -0.39 is 5.41 Å². The number of carbonyl (C=O) groups is 1. The Bertz CT molecular complexity index is 964. The van der Waals surface area contributed by atoms with Crippen LogP contribution in [0.25, 0.3) is 6.08 Å². The number of fused-ring (bicyclic) bond motifs is 1. The Morgan fingerprint density at radius 1 is 1.15 bits per heavy atom. The molecule has 0 radical (unpaired) electrons. The summed E-state index contributed by atoms with van der Waals surface area (Å²) in [5.41, 5.74) is 4.21. The van der Waals surface area contributed by atoms with Crippen molar-refractivity contribution in [2.24, 2.45) is 5.92 Å². The predicted molar refractivity (Wildman–Crippen MR) is 102 cm³/mol. The van der Waals surface area contributed by atoms with Crippen LogP contribution in [-0.2, 0) is 11.8 Å². The zero-order valence-electron chi connectivity index (χ0n) is 14.9. The molecule has 0 aliphatic heterocycles. The maximum atomic E-state index is 12.7. The molecule has 0 bridgehead atoms. The molecule has 1 N–H and O–H groups in total. The summed E-state index contributed by atoms with van der Waals surface area (Å²) in [6, 6.07) is 12.3. The van der Waals surface area contributed by atoms with Gasteiger partial charge in [0.25, 0.3) is 0 Å². The second-order valence-corrected chi connectivity index (χ2v) is 7.40. The highest BCUT2D eigenvalue weighted by atomic mass is 16.1. The second kappa shape index (κ2) is 6.27. The van der Waals surface area contributed by atoms with Crippen LogP contribution in [0.2, 0.25) is 0 Å². The lowest BCUT2D eigenvalue weighted by atomic mass is 9.70. The lowest BCUT2D eigenvalue weighted by Crippen LogP contribution is -2.32. The van der Waals surface area contributed by atoms with Crippen LogP contribution in [0.1, 0.15) is 52.3 Å². The highest BCUT2D eigenvalue weighted by molar-refractivity contribution is 6.00. The van der Waals surface area contributed by atoms with Gasteiger partial charge in [0, 0.05) is 29.8 Å². The summed E-state index contributed by atoms with van der Waals surface area (Å²) in [6.07, 6.45) is 11.4. The molecule has 134 valence electrons. The highest BCUT2D eigenvalue weighted by Crippen LogP contribution is 2.41. The van der Waals surface area contributed by atoms with E-state index in [2.05, 4.69) is 38.4 Å². The van der Waals surface area contributed by atoms with Gasteiger partial charge in [0.2, 0.25) is 0 Å². The zero-order valence-corrected chi connectivity index (χ0v) is 14.9. The number of H-pyrrole nitrogens is 1. The number of aromatic nitrogens is 4. The molecule has 2 aliphatic carbocycles. The van der Waals surface area contributed by atoms with E-state index >= 15 is 0 Å². The Hall–Kier alpha value is -3.08. The average Bonchev–Trinajstić information content (AvgIpc) is 3.11. The first-order valence-electron chi connectivity index (χ1n) is 9.41. The third-order valence-electron chi connectivity index (χ3n) is 5.91. The van der Waals surface area contributed by atoms with Crippen LogP contribution >= 0.6 is 0 Å². The van der Waals surface area contributed by atoms with E-state index in [1.807, 2.05) is 30.3 Å². The van der Waals surface area contributed by atoms with Crippen LogP contribution in [-0.4, -0.2) is 25.9 Å². The number of hydrogen-bond acceptors (Lipinski definition) is 4. The molecule has 5 nitrogen and oxygen atoms in total. The van der Waals surface area contributed by atoms with Gasteiger partial charge in [-0.2, -0.15) is 5.10 Å². The normalized spacial score (nSPS) is 21.5. The fraction of sp³-hybridized carbons (Fsp3) is 0.273. The third-order valence-corrected chi connectivity index (χ3v) is 5.91.